The van der Waals surface area contributed by atoms with E-state index in [1.807, 2.05) is 6.92 Å². The lowest BCUT2D eigenvalue weighted by molar-refractivity contribution is -0.137. The van der Waals surface area contributed by atoms with Gasteiger partial charge in [0.25, 0.3) is 0 Å². The average molecular weight is 244 g/mol. The van der Waals surface area contributed by atoms with E-state index in [1.54, 1.807) is 6.92 Å². The molecule has 17 heavy (non-hydrogen) atoms. The molecule has 100 valence electrons. The van der Waals surface area contributed by atoms with Gasteiger partial charge in [-0.2, -0.15) is 0 Å². The molecule has 0 radical (unpaired) electrons. The number of nitrogens with zero attached hydrogens (tertiary/aromatic N) is 1. The van der Waals surface area contributed by atoms with Gasteiger partial charge in [0.1, 0.15) is 6.54 Å². The van der Waals surface area contributed by atoms with Crippen LogP contribution in [0.1, 0.15) is 40.5 Å². The van der Waals surface area contributed by atoms with Crippen LogP contribution in [0.4, 0.5) is 4.79 Å². The Morgan fingerprint density at radius 2 is 1.88 bits per heavy atom. The van der Waals surface area contributed by atoms with Gasteiger partial charge in [-0.15, -0.1) is 0 Å². The second kappa shape index (κ2) is 7.92. The van der Waals surface area contributed by atoms with Crippen LogP contribution in [0.15, 0.2) is 0 Å². The summed E-state index contributed by atoms with van der Waals surface area (Å²) in [5.74, 6) is -0.434. The lowest BCUT2D eigenvalue weighted by atomic mass is 10.0. The molecule has 0 aromatic rings. The predicted octanol–water partition coefficient (Wildman–Crippen LogP) is 1.93. The molecule has 2 amide bonds. The molecule has 5 nitrogen and oxygen atoms in total. The average Bonchev–Trinajstić information content (AvgIpc) is 2.24. The third-order valence-corrected chi connectivity index (χ3v) is 2.82. The Bertz CT molecular complexity index is 256. The van der Waals surface area contributed by atoms with Crippen molar-refractivity contribution in [1.29, 1.82) is 0 Å². The van der Waals surface area contributed by atoms with Crippen LogP contribution in [-0.2, 0) is 4.79 Å². The number of nitrogens with one attached hydrogen (secondary N) is 1. The van der Waals surface area contributed by atoms with E-state index in [0.29, 0.717) is 12.5 Å². The first-order chi connectivity index (χ1) is 7.90. The summed E-state index contributed by atoms with van der Waals surface area (Å²) < 4.78 is 0. The molecular formula is C12H24N2O3. The minimum absolute atomic E-state index is 0.0697. The van der Waals surface area contributed by atoms with Crippen LogP contribution in [0, 0.1) is 5.92 Å². The number of carboxylic acid groups (broad SMARTS) is 1. The molecule has 0 fully saturated rings. The Hall–Kier alpha value is -1.26. The summed E-state index contributed by atoms with van der Waals surface area (Å²) in [4.78, 5) is 23.6. The largest absolute Gasteiger partial charge is 0.480 e. The molecule has 2 atom stereocenters. The first kappa shape index (κ1) is 15.7. The van der Waals surface area contributed by atoms with Gasteiger partial charge in [0.2, 0.25) is 0 Å². The van der Waals surface area contributed by atoms with Gasteiger partial charge >= 0.3 is 12.0 Å². The summed E-state index contributed by atoms with van der Waals surface area (Å²) >= 11 is 0. The highest BCUT2D eigenvalue weighted by atomic mass is 16.4. The van der Waals surface area contributed by atoms with Crippen LogP contribution in [0.25, 0.3) is 0 Å². The van der Waals surface area contributed by atoms with Gasteiger partial charge in [0.05, 0.1) is 0 Å². The Labute approximate surface area is 103 Å². The van der Waals surface area contributed by atoms with Gasteiger partial charge in [-0.1, -0.05) is 20.3 Å². The molecule has 0 aliphatic carbocycles. The van der Waals surface area contributed by atoms with Gasteiger partial charge < -0.3 is 15.3 Å². The monoisotopic (exact) mass is 244 g/mol. The predicted molar refractivity (Wildman–Crippen MR) is 66.9 cm³/mol. The minimum Gasteiger partial charge on any atom is -0.480 e. The number of carbonyl (C=O) groups excluding carboxylic acids is 1. The maximum Gasteiger partial charge on any atom is 0.323 e. The van der Waals surface area contributed by atoms with Gasteiger partial charge in [0.15, 0.2) is 0 Å². The highest BCUT2D eigenvalue weighted by Gasteiger charge is 2.17. The van der Waals surface area contributed by atoms with E-state index in [2.05, 4.69) is 19.2 Å². The summed E-state index contributed by atoms with van der Waals surface area (Å²) in [6, 6.07) is -0.231. The maximum atomic E-state index is 11.7. The number of aliphatic carboxylic acids is 1. The number of amides is 2. The molecule has 0 bridgehead atoms. The molecular weight excluding hydrogens is 220 g/mol. The Morgan fingerprint density at radius 3 is 2.29 bits per heavy atom. The first-order valence-electron chi connectivity index (χ1n) is 6.17. The van der Waals surface area contributed by atoms with Crippen molar-refractivity contribution in [3.63, 3.8) is 0 Å². The zero-order valence-corrected chi connectivity index (χ0v) is 11.2. The van der Waals surface area contributed by atoms with E-state index in [-0.39, 0.29) is 18.6 Å². The van der Waals surface area contributed by atoms with Crippen molar-refractivity contribution >= 4 is 12.0 Å². The second-order valence-corrected chi connectivity index (χ2v) is 4.51. The van der Waals surface area contributed by atoms with Crippen molar-refractivity contribution in [2.75, 3.05) is 13.1 Å². The zero-order chi connectivity index (χ0) is 13.4. The fraction of sp³-hybridized carbons (Fsp3) is 0.833. The Kier molecular flexibility index (Phi) is 7.34. The summed E-state index contributed by atoms with van der Waals surface area (Å²) in [7, 11) is 0. The molecule has 0 aliphatic heterocycles. The van der Waals surface area contributed by atoms with E-state index >= 15 is 0 Å². The summed E-state index contributed by atoms with van der Waals surface area (Å²) in [5.41, 5.74) is 0. The molecule has 2 unspecified atom stereocenters. The molecule has 0 aromatic carbocycles. The fourth-order valence-corrected chi connectivity index (χ4v) is 1.62. The van der Waals surface area contributed by atoms with Gasteiger partial charge in [-0.3, -0.25) is 4.79 Å². The molecule has 0 aliphatic rings. The third-order valence-electron chi connectivity index (χ3n) is 2.82. The van der Waals surface area contributed by atoms with Crippen molar-refractivity contribution < 1.29 is 14.7 Å². The second-order valence-electron chi connectivity index (χ2n) is 4.51. The molecule has 0 heterocycles. The molecule has 0 saturated heterocycles. The van der Waals surface area contributed by atoms with E-state index in [9.17, 15) is 9.59 Å². The number of carboxylic acids is 1. The van der Waals surface area contributed by atoms with Crippen molar-refractivity contribution in [1.82, 2.24) is 10.2 Å². The normalized spacial score (nSPS) is 13.9. The van der Waals surface area contributed by atoms with Crippen LogP contribution < -0.4 is 5.32 Å². The smallest absolute Gasteiger partial charge is 0.323 e. The number of hydrogen-bond acceptors (Lipinski definition) is 2. The van der Waals surface area contributed by atoms with Crippen LogP contribution >= 0.6 is 0 Å². The highest BCUT2D eigenvalue weighted by molar-refractivity contribution is 5.80. The third kappa shape index (κ3) is 6.81. The van der Waals surface area contributed by atoms with Crippen LogP contribution in [0.5, 0.6) is 0 Å². The highest BCUT2D eigenvalue weighted by Crippen LogP contribution is 2.09. The van der Waals surface area contributed by atoms with Gasteiger partial charge in [0, 0.05) is 12.6 Å². The molecule has 2 N–H and O–H groups in total. The fourth-order valence-electron chi connectivity index (χ4n) is 1.62. The van der Waals surface area contributed by atoms with Gasteiger partial charge in [-0.25, -0.2) is 4.79 Å². The number of rotatable bonds is 7. The van der Waals surface area contributed by atoms with E-state index in [4.69, 9.17) is 5.11 Å². The summed E-state index contributed by atoms with van der Waals surface area (Å²) in [5, 5.41) is 11.5. The number of carbonyl (C=O) groups is 2. The SMILES string of the molecule is CCC(C)CC(C)NC(=O)N(CC)CC(=O)O. The Balaban J connectivity index is 4.16. The van der Waals surface area contributed by atoms with Crippen molar-refractivity contribution in [2.45, 2.75) is 46.6 Å². The lowest BCUT2D eigenvalue weighted by Crippen LogP contribution is -2.46. The standard InChI is InChI=1S/C12H24N2O3/c1-5-9(3)7-10(4)13-12(17)14(6-2)8-11(15)16/h9-10H,5-8H2,1-4H3,(H,13,17)(H,15,16). The summed E-state index contributed by atoms with van der Waals surface area (Å²) in [6.45, 7) is 8.10. The lowest BCUT2D eigenvalue weighted by Gasteiger charge is -2.23. The summed E-state index contributed by atoms with van der Waals surface area (Å²) in [6.07, 6.45) is 1.99. The van der Waals surface area contributed by atoms with Crippen LogP contribution in [0.3, 0.4) is 0 Å². The minimum atomic E-state index is -0.989. The maximum absolute atomic E-state index is 11.7. The number of hydrogen-bond donors (Lipinski definition) is 2. The van der Waals surface area contributed by atoms with Crippen molar-refractivity contribution in [3.8, 4) is 0 Å². The number of urea groups is 1. The van der Waals surface area contributed by atoms with E-state index < -0.39 is 5.97 Å². The van der Waals surface area contributed by atoms with Crippen molar-refractivity contribution in [3.05, 3.63) is 0 Å². The van der Waals surface area contributed by atoms with Crippen LogP contribution in [-0.4, -0.2) is 41.1 Å². The van der Waals surface area contributed by atoms with E-state index in [0.717, 1.165) is 12.8 Å². The molecule has 5 heteroatoms. The first-order valence-corrected chi connectivity index (χ1v) is 6.17. The molecule has 0 saturated carbocycles. The number of likely N-dealkylation sites (N-methyl/N-ethyl adjacent to an activating group) is 1. The zero-order valence-electron chi connectivity index (χ0n) is 11.2. The Morgan fingerprint density at radius 1 is 1.29 bits per heavy atom. The topological polar surface area (TPSA) is 69.6 Å². The molecule has 0 aromatic heterocycles. The quantitative estimate of drug-likeness (QED) is 0.719. The van der Waals surface area contributed by atoms with Gasteiger partial charge in [-0.05, 0) is 26.2 Å². The molecule has 0 rings (SSSR count). The van der Waals surface area contributed by atoms with E-state index in [1.165, 1.54) is 4.90 Å². The van der Waals surface area contributed by atoms with Crippen molar-refractivity contribution in [2.24, 2.45) is 5.92 Å². The molecule has 0 spiro atoms. The van der Waals surface area contributed by atoms with Crippen LogP contribution in [0.2, 0.25) is 0 Å².